The maximum atomic E-state index is 11.8. The van der Waals surface area contributed by atoms with E-state index in [2.05, 4.69) is 20.9 Å². The van der Waals surface area contributed by atoms with Gasteiger partial charge in [-0.05, 0) is 36.7 Å². The average molecular weight is 303 g/mol. The van der Waals surface area contributed by atoms with Gasteiger partial charge in [0.25, 0.3) is 0 Å². The summed E-state index contributed by atoms with van der Waals surface area (Å²) in [6, 6.07) is 1.52. The molecule has 0 amide bonds. The number of pyridine rings is 1. The number of ether oxygens (including phenoxy) is 2. The predicted octanol–water partition coefficient (Wildman–Crippen LogP) is 2.39. The van der Waals surface area contributed by atoms with E-state index < -0.39 is 11.6 Å². The van der Waals surface area contributed by atoms with Crippen LogP contribution in [0.5, 0.6) is 5.75 Å². The molecule has 94 valence electrons. The third-order valence-electron chi connectivity index (χ3n) is 1.79. The zero-order chi connectivity index (χ0) is 13.2. The molecule has 1 aromatic heterocycles. The van der Waals surface area contributed by atoms with Gasteiger partial charge in [-0.3, -0.25) is 0 Å². The topological polar surface area (TPSA) is 74.4 Å². The van der Waals surface area contributed by atoms with E-state index in [1.165, 1.54) is 13.2 Å². The standard InChI is InChI=1S/C11H15BrN2O3/c1-11(2,3)17-10(15)8-6(13)5-7(16-4)9(12)14-8/h5H,13H2,1-4H3. The van der Waals surface area contributed by atoms with Crippen molar-refractivity contribution in [2.45, 2.75) is 26.4 Å². The largest absolute Gasteiger partial charge is 0.494 e. The predicted molar refractivity (Wildman–Crippen MR) is 68.1 cm³/mol. The zero-order valence-electron chi connectivity index (χ0n) is 10.2. The van der Waals surface area contributed by atoms with Crippen molar-refractivity contribution in [2.75, 3.05) is 12.8 Å². The van der Waals surface area contributed by atoms with Crippen LogP contribution in [0, 0.1) is 0 Å². The molecule has 1 rings (SSSR count). The van der Waals surface area contributed by atoms with Crippen LogP contribution in [-0.4, -0.2) is 23.7 Å². The third-order valence-corrected chi connectivity index (χ3v) is 2.35. The number of hydrogen-bond acceptors (Lipinski definition) is 5. The molecule has 1 heterocycles. The summed E-state index contributed by atoms with van der Waals surface area (Å²) >= 11 is 3.19. The van der Waals surface area contributed by atoms with Crippen molar-refractivity contribution in [3.8, 4) is 5.75 Å². The molecule has 0 aromatic carbocycles. The van der Waals surface area contributed by atoms with Crippen LogP contribution < -0.4 is 10.5 Å². The van der Waals surface area contributed by atoms with E-state index in [1.54, 1.807) is 20.8 Å². The lowest BCUT2D eigenvalue weighted by Gasteiger charge is -2.19. The summed E-state index contributed by atoms with van der Waals surface area (Å²) in [5, 5.41) is 0. The van der Waals surface area contributed by atoms with Gasteiger partial charge in [-0.1, -0.05) is 0 Å². The highest BCUT2D eigenvalue weighted by atomic mass is 79.9. The van der Waals surface area contributed by atoms with Crippen molar-refractivity contribution in [1.29, 1.82) is 0 Å². The highest BCUT2D eigenvalue weighted by Crippen LogP contribution is 2.27. The molecule has 2 N–H and O–H groups in total. The summed E-state index contributed by atoms with van der Waals surface area (Å²) in [5.41, 5.74) is 5.43. The number of esters is 1. The first kappa shape index (κ1) is 13.8. The Morgan fingerprint density at radius 2 is 2.06 bits per heavy atom. The minimum atomic E-state index is -0.586. The van der Waals surface area contributed by atoms with Crippen LogP contribution in [-0.2, 0) is 4.74 Å². The van der Waals surface area contributed by atoms with Crippen molar-refractivity contribution >= 4 is 27.6 Å². The van der Waals surface area contributed by atoms with Crippen molar-refractivity contribution in [3.05, 3.63) is 16.4 Å². The average Bonchev–Trinajstić information content (AvgIpc) is 2.18. The van der Waals surface area contributed by atoms with Gasteiger partial charge in [0, 0.05) is 6.07 Å². The van der Waals surface area contributed by atoms with Crippen molar-refractivity contribution in [2.24, 2.45) is 0 Å². The lowest BCUT2D eigenvalue weighted by atomic mass is 10.2. The van der Waals surface area contributed by atoms with Gasteiger partial charge in [0.1, 0.15) is 10.2 Å². The lowest BCUT2D eigenvalue weighted by Crippen LogP contribution is -2.25. The quantitative estimate of drug-likeness (QED) is 0.670. The Morgan fingerprint density at radius 3 is 2.53 bits per heavy atom. The molecule has 0 saturated carbocycles. The van der Waals surface area contributed by atoms with E-state index >= 15 is 0 Å². The first-order valence-electron chi connectivity index (χ1n) is 4.98. The van der Waals surface area contributed by atoms with Crippen molar-refractivity contribution < 1.29 is 14.3 Å². The van der Waals surface area contributed by atoms with E-state index in [4.69, 9.17) is 15.2 Å². The van der Waals surface area contributed by atoms with E-state index in [-0.39, 0.29) is 11.4 Å². The Kier molecular flexibility index (Phi) is 3.98. The number of carbonyl (C=O) groups is 1. The fourth-order valence-electron chi connectivity index (χ4n) is 1.12. The maximum Gasteiger partial charge on any atom is 0.359 e. The molecule has 0 aliphatic rings. The second kappa shape index (κ2) is 4.91. The molecule has 6 heteroatoms. The number of halogens is 1. The lowest BCUT2D eigenvalue weighted by molar-refractivity contribution is 0.00640. The van der Waals surface area contributed by atoms with Gasteiger partial charge in [0.05, 0.1) is 12.8 Å². The van der Waals surface area contributed by atoms with Gasteiger partial charge in [-0.15, -0.1) is 0 Å². The first-order valence-corrected chi connectivity index (χ1v) is 5.77. The highest BCUT2D eigenvalue weighted by Gasteiger charge is 2.22. The number of nitrogens with two attached hydrogens (primary N) is 1. The maximum absolute atomic E-state index is 11.8. The van der Waals surface area contributed by atoms with Crippen molar-refractivity contribution in [3.63, 3.8) is 0 Å². The molecule has 5 nitrogen and oxygen atoms in total. The minimum absolute atomic E-state index is 0.0765. The highest BCUT2D eigenvalue weighted by molar-refractivity contribution is 9.10. The molecule has 0 saturated heterocycles. The van der Waals surface area contributed by atoms with E-state index in [0.717, 1.165) is 0 Å². The molecule has 0 atom stereocenters. The number of rotatable bonds is 2. The van der Waals surface area contributed by atoms with Crippen molar-refractivity contribution in [1.82, 2.24) is 4.98 Å². The molecular formula is C11H15BrN2O3. The smallest absolute Gasteiger partial charge is 0.359 e. The fraction of sp³-hybridized carbons (Fsp3) is 0.455. The molecular weight excluding hydrogens is 288 g/mol. The molecule has 0 spiro atoms. The number of hydrogen-bond donors (Lipinski definition) is 1. The van der Waals surface area contributed by atoms with E-state index in [1.807, 2.05) is 0 Å². The van der Waals surface area contributed by atoms with Gasteiger partial charge < -0.3 is 15.2 Å². The Balaban J connectivity index is 3.07. The summed E-state index contributed by atoms with van der Waals surface area (Å²) < 4.78 is 10.6. The molecule has 0 fully saturated rings. The zero-order valence-corrected chi connectivity index (χ0v) is 11.8. The fourth-order valence-corrected chi connectivity index (χ4v) is 1.57. The van der Waals surface area contributed by atoms with Crippen LogP contribution in [0.2, 0.25) is 0 Å². The molecule has 1 aromatic rings. The Labute approximate surface area is 108 Å². The summed E-state index contributed by atoms with van der Waals surface area (Å²) in [4.78, 5) is 15.8. The Bertz CT molecular complexity index is 441. The van der Waals surface area contributed by atoms with Gasteiger partial charge in [0.2, 0.25) is 0 Å². The number of anilines is 1. The third kappa shape index (κ3) is 3.59. The number of carbonyl (C=O) groups excluding carboxylic acids is 1. The number of nitrogen functional groups attached to an aromatic ring is 1. The summed E-state index contributed by atoms with van der Waals surface area (Å²) in [6.07, 6.45) is 0. The first-order chi connectivity index (χ1) is 7.74. The van der Waals surface area contributed by atoms with Gasteiger partial charge in [-0.25, -0.2) is 9.78 Å². The number of methoxy groups -OCH3 is 1. The van der Waals surface area contributed by atoms with Crippen LogP contribution in [0.25, 0.3) is 0 Å². The Hall–Kier alpha value is -1.30. The SMILES string of the molecule is COc1cc(N)c(C(=O)OC(C)(C)C)nc1Br. The second-order valence-electron chi connectivity index (χ2n) is 4.42. The van der Waals surface area contributed by atoms with Gasteiger partial charge in [-0.2, -0.15) is 0 Å². The summed E-state index contributed by atoms with van der Waals surface area (Å²) in [5.74, 6) is -0.0897. The van der Waals surface area contributed by atoms with E-state index in [0.29, 0.717) is 10.4 Å². The molecule has 0 bridgehead atoms. The minimum Gasteiger partial charge on any atom is -0.494 e. The number of nitrogens with zero attached hydrogens (tertiary/aromatic N) is 1. The summed E-state index contributed by atoms with van der Waals surface area (Å²) in [7, 11) is 1.49. The summed E-state index contributed by atoms with van der Waals surface area (Å²) in [6.45, 7) is 5.33. The molecule has 0 radical (unpaired) electrons. The monoisotopic (exact) mass is 302 g/mol. The number of aromatic nitrogens is 1. The van der Waals surface area contributed by atoms with Crippen LogP contribution in [0.4, 0.5) is 5.69 Å². The molecule has 0 unspecified atom stereocenters. The van der Waals surface area contributed by atoms with Crippen LogP contribution in [0.15, 0.2) is 10.7 Å². The van der Waals surface area contributed by atoms with Crippen LogP contribution >= 0.6 is 15.9 Å². The van der Waals surface area contributed by atoms with Crippen LogP contribution in [0.3, 0.4) is 0 Å². The van der Waals surface area contributed by atoms with Gasteiger partial charge >= 0.3 is 5.97 Å². The van der Waals surface area contributed by atoms with Crippen LogP contribution in [0.1, 0.15) is 31.3 Å². The molecule has 0 aliphatic carbocycles. The van der Waals surface area contributed by atoms with E-state index in [9.17, 15) is 4.79 Å². The normalized spacial score (nSPS) is 11.1. The molecule has 0 aliphatic heterocycles. The van der Waals surface area contributed by atoms with Gasteiger partial charge in [0.15, 0.2) is 11.4 Å². The molecule has 17 heavy (non-hydrogen) atoms. The second-order valence-corrected chi connectivity index (χ2v) is 5.17. The Morgan fingerprint density at radius 1 is 1.47 bits per heavy atom.